The minimum absolute atomic E-state index is 0.00360. The Labute approximate surface area is 246 Å². The molecule has 0 spiro atoms. The van der Waals surface area contributed by atoms with E-state index >= 15 is 0 Å². The van der Waals surface area contributed by atoms with Crippen molar-refractivity contribution >= 4 is 18.1 Å². The Morgan fingerprint density at radius 3 is 2.33 bits per heavy atom. The monoisotopic (exact) mass is 571 g/mol. The second-order valence-electron chi connectivity index (χ2n) is 11.2. The Bertz CT molecular complexity index is 1420. The number of amides is 2. The highest BCUT2D eigenvalue weighted by molar-refractivity contribution is 5.78. The van der Waals surface area contributed by atoms with E-state index in [2.05, 4.69) is 0 Å². The Hall–Kier alpha value is -4.66. The van der Waals surface area contributed by atoms with Crippen molar-refractivity contribution in [1.29, 1.82) is 0 Å². The largest absolute Gasteiger partial charge is 0.456 e. The number of para-hydroxylation sites is 2. The molecule has 1 aliphatic heterocycles. The van der Waals surface area contributed by atoms with Gasteiger partial charge in [0, 0.05) is 37.7 Å². The van der Waals surface area contributed by atoms with Crippen LogP contribution in [0.25, 0.3) is 6.08 Å². The van der Waals surface area contributed by atoms with Gasteiger partial charge in [-0.3, -0.25) is 14.9 Å². The Morgan fingerprint density at radius 2 is 1.62 bits per heavy atom. The van der Waals surface area contributed by atoms with Crippen molar-refractivity contribution in [1.82, 2.24) is 9.80 Å². The van der Waals surface area contributed by atoms with E-state index in [-0.39, 0.29) is 24.5 Å². The molecule has 4 rings (SSSR count). The van der Waals surface area contributed by atoms with E-state index in [4.69, 9.17) is 9.47 Å². The normalized spacial score (nSPS) is 15.5. The van der Waals surface area contributed by atoms with Gasteiger partial charge in [0.25, 0.3) is 0 Å². The number of hydrogen-bond acceptors (Lipinski definition) is 6. The zero-order chi connectivity index (χ0) is 30.1. The Kier molecular flexibility index (Phi) is 9.96. The first-order chi connectivity index (χ1) is 20.1. The fourth-order valence-corrected chi connectivity index (χ4v) is 4.90. The SMILES string of the molecule is CC(C)(C)OC(=O)N1CCN(C(=O)CCc2ccccc2Oc2ccccc2C=C[N+](=O)[O-])C(Cc2ccccc2)C1. The Morgan fingerprint density at radius 1 is 0.952 bits per heavy atom. The van der Waals surface area contributed by atoms with Crippen molar-refractivity contribution < 1.29 is 24.0 Å². The molecule has 9 heteroatoms. The first kappa shape index (κ1) is 30.3. The zero-order valence-corrected chi connectivity index (χ0v) is 24.3. The van der Waals surface area contributed by atoms with Crippen LogP contribution in [0.5, 0.6) is 11.5 Å². The fourth-order valence-electron chi connectivity index (χ4n) is 4.90. The smallest absolute Gasteiger partial charge is 0.410 e. The average Bonchev–Trinajstić information content (AvgIpc) is 2.95. The van der Waals surface area contributed by atoms with Gasteiger partial charge in [0.05, 0.1) is 11.0 Å². The second-order valence-corrected chi connectivity index (χ2v) is 11.2. The van der Waals surface area contributed by atoms with Crippen LogP contribution in [0.1, 0.15) is 43.9 Å². The number of aryl methyl sites for hydroxylation is 1. The molecular weight excluding hydrogens is 534 g/mol. The number of nitrogens with zero attached hydrogens (tertiary/aromatic N) is 3. The first-order valence-electron chi connectivity index (χ1n) is 14.1. The highest BCUT2D eigenvalue weighted by atomic mass is 16.6. The molecule has 1 aliphatic rings. The van der Waals surface area contributed by atoms with Gasteiger partial charge in [0.2, 0.25) is 12.1 Å². The molecule has 0 bridgehead atoms. The lowest BCUT2D eigenvalue weighted by Gasteiger charge is -2.42. The second kappa shape index (κ2) is 13.8. The number of rotatable bonds is 9. The summed E-state index contributed by atoms with van der Waals surface area (Å²) in [5.74, 6) is 1.07. The summed E-state index contributed by atoms with van der Waals surface area (Å²) in [5.41, 5.74) is 1.92. The van der Waals surface area contributed by atoms with Crippen LogP contribution >= 0.6 is 0 Å². The summed E-state index contributed by atoms with van der Waals surface area (Å²) in [6.45, 7) is 6.74. The van der Waals surface area contributed by atoms with Gasteiger partial charge >= 0.3 is 6.09 Å². The van der Waals surface area contributed by atoms with Crippen LogP contribution in [-0.2, 0) is 22.4 Å². The lowest BCUT2D eigenvalue weighted by atomic mass is 10.0. The van der Waals surface area contributed by atoms with E-state index in [1.807, 2.05) is 80.3 Å². The van der Waals surface area contributed by atoms with Crippen molar-refractivity contribution in [3.63, 3.8) is 0 Å². The predicted molar refractivity (Wildman–Crippen MR) is 161 cm³/mol. The van der Waals surface area contributed by atoms with Gasteiger partial charge < -0.3 is 19.3 Å². The van der Waals surface area contributed by atoms with Crippen LogP contribution < -0.4 is 4.74 Å². The van der Waals surface area contributed by atoms with E-state index < -0.39 is 10.5 Å². The van der Waals surface area contributed by atoms with Gasteiger partial charge in [0.15, 0.2) is 0 Å². The number of carbonyl (C=O) groups is 2. The molecule has 1 fully saturated rings. The van der Waals surface area contributed by atoms with E-state index in [1.165, 1.54) is 6.08 Å². The highest BCUT2D eigenvalue weighted by Gasteiger charge is 2.34. The van der Waals surface area contributed by atoms with Crippen molar-refractivity contribution in [2.75, 3.05) is 19.6 Å². The molecule has 1 heterocycles. The molecule has 0 aromatic heterocycles. The number of nitro groups is 1. The third-order valence-corrected chi connectivity index (χ3v) is 6.86. The van der Waals surface area contributed by atoms with Crippen molar-refractivity contribution in [2.24, 2.45) is 0 Å². The van der Waals surface area contributed by atoms with Gasteiger partial charge in [-0.15, -0.1) is 0 Å². The maximum Gasteiger partial charge on any atom is 0.410 e. The minimum atomic E-state index is -0.600. The molecule has 1 unspecified atom stereocenters. The number of benzene rings is 3. The molecule has 3 aromatic carbocycles. The standard InChI is InChI=1S/C33H37N3O6/c1-33(2,3)42-32(38)34-21-22-35(28(24-34)23-25-11-5-4-6-12-25)31(37)18-17-26-13-7-9-15-29(26)41-30-16-10-8-14-27(30)19-20-36(39)40/h4-16,19-20,28H,17-18,21-24H2,1-3H3. The molecular formula is C33H37N3O6. The topological polar surface area (TPSA) is 102 Å². The molecule has 220 valence electrons. The van der Waals surface area contributed by atoms with Crippen molar-refractivity contribution in [2.45, 2.75) is 51.7 Å². The summed E-state index contributed by atoms with van der Waals surface area (Å²) in [6, 6.07) is 24.3. The van der Waals surface area contributed by atoms with Crippen LogP contribution in [0, 0.1) is 10.1 Å². The lowest BCUT2D eigenvalue weighted by Crippen LogP contribution is -2.57. The van der Waals surface area contributed by atoms with E-state index in [0.717, 1.165) is 17.3 Å². The molecule has 0 saturated carbocycles. The molecule has 0 N–H and O–H groups in total. The summed E-state index contributed by atoms with van der Waals surface area (Å²) in [4.78, 5) is 40.3. The third kappa shape index (κ3) is 8.67. The highest BCUT2D eigenvalue weighted by Crippen LogP contribution is 2.30. The van der Waals surface area contributed by atoms with Gasteiger partial charge in [0.1, 0.15) is 17.1 Å². The van der Waals surface area contributed by atoms with E-state index in [9.17, 15) is 19.7 Å². The quantitative estimate of drug-likeness (QED) is 0.219. The van der Waals surface area contributed by atoms with Gasteiger partial charge in [-0.2, -0.15) is 0 Å². The van der Waals surface area contributed by atoms with Crippen LogP contribution in [-0.4, -0.2) is 58.0 Å². The van der Waals surface area contributed by atoms with Crippen molar-refractivity contribution in [3.8, 4) is 11.5 Å². The van der Waals surface area contributed by atoms with E-state index in [1.54, 1.807) is 29.2 Å². The average molecular weight is 572 g/mol. The van der Waals surface area contributed by atoms with Crippen LogP contribution in [0.15, 0.2) is 85.1 Å². The minimum Gasteiger partial charge on any atom is -0.456 e. The number of carbonyl (C=O) groups excluding carboxylic acids is 2. The Balaban J connectivity index is 1.47. The maximum absolute atomic E-state index is 13.6. The summed E-state index contributed by atoms with van der Waals surface area (Å²) in [7, 11) is 0. The number of ether oxygens (including phenoxy) is 2. The van der Waals surface area contributed by atoms with Gasteiger partial charge in [-0.05, 0) is 56.9 Å². The number of piperazine rings is 1. The fraction of sp³-hybridized carbons (Fsp3) is 0.333. The van der Waals surface area contributed by atoms with Crippen LogP contribution in [0.3, 0.4) is 0 Å². The molecule has 9 nitrogen and oxygen atoms in total. The summed E-state index contributed by atoms with van der Waals surface area (Å²) in [6.07, 6.45) is 3.24. The lowest BCUT2D eigenvalue weighted by molar-refractivity contribution is -0.400. The summed E-state index contributed by atoms with van der Waals surface area (Å²) >= 11 is 0. The maximum atomic E-state index is 13.6. The molecule has 1 atom stereocenters. The zero-order valence-electron chi connectivity index (χ0n) is 24.3. The third-order valence-electron chi connectivity index (χ3n) is 6.86. The summed E-state index contributed by atoms with van der Waals surface area (Å²) < 4.78 is 11.8. The molecule has 0 aliphatic carbocycles. The summed E-state index contributed by atoms with van der Waals surface area (Å²) in [5, 5.41) is 10.8. The molecule has 42 heavy (non-hydrogen) atoms. The van der Waals surface area contributed by atoms with Crippen molar-refractivity contribution in [3.05, 3.63) is 112 Å². The van der Waals surface area contributed by atoms with Crippen LogP contribution in [0.4, 0.5) is 4.79 Å². The van der Waals surface area contributed by atoms with Crippen LogP contribution in [0.2, 0.25) is 0 Å². The molecule has 0 radical (unpaired) electrons. The molecule has 3 aromatic rings. The molecule has 1 saturated heterocycles. The molecule has 2 amide bonds. The van der Waals surface area contributed by atoms with Gasteiger partial charge in [-0.1, -0.05) is 66.7 Å². The van der Waals surface area contributed by atoms with E-state index in [0.29, 0.717) is 49.5 Å². The van der Waals surface area contributed by atoms with Gasteiger partial charge in [-0.25, -0.2) is 4.79 Å². The first-order valence-corrected chi connectivity index (χ1v) is 14.1. The number of hydrogen-bond donors (Lipinski definition) is 0. The predicted octanol–water partition coefficient (Wildman–Crippen LogP) is 6.35.